The van der Waals surface area contributed by atoms with Crippen LogP contribution in [0.3, 0.4) is 0 Å². The van der Waals surface area contributed by atoms with E-state index in [1.165, 1.54) is 25.1 Å². The Labute approximate surface area is 119 Å². The molecule has 2 heterocycles. The Kier molecular flexibility index (Phi) is 4.67. The Balaban J connectivity index is 1.90. The molecule has 98 valence electrons. The van der Waals surface area contributed by atoms with Crippen LogP contribution in [0.2, 0.25) is 0 Å². The molecule has 0 radical (unpaired) electrons. The Morgan fingerprint density at radius 2 is 2.18 bits per heavy atom. The summed E-state index contributed by atoms with van der Waals surface area (Å²) in [5.74, 6) is 2.43. The molecule has 2 saturated heterocycles. The van der Waals surface area contributed by atoms with Gasteiger partial charge in [0.05, 0.1) is 12.5 Å². The Morgan fingerprint density at radius 3 is 2.76 bits per heavy atom. The van der Waals surface area contributed by atoms with E-state index in [0.717, 1.165) is 22.1 Å². The van der Waals surface area contributed by atoms with Crippen molar-refractivity contribution in [3.8, 4) is 0 Å². The van der Waals surface area contributed by atoms with Gasteiger partial charge in [-0.25, -0.2) is 0 Å². The molecule has 2 aliphatic heterocycles. The maximum Gasteiger partial charge on any atom is 0.139 e. The van der Waals surface area contributed by atoms with Crippen molar-refractivity contribution in [2.75, 3.05) is 24.8 Å². The van der Waals surface area contributed by atoms with Gasteiger partial charge in [0.25, 0.3) is 0 Å². The van der Waals surface area contributed by atoms with Crippen LogP contribution in [-0.4, -0.2) is 49.8 Å². The molecule has 0 saturated carbocycles. The normalized spacial score (nSPS) is 27.8. The summed E-state index contributed by atoms with van der Waals surface area (Å²) in [5, 5.41) is 0.851. The summed E-state index contributed by atoms with van der Waals surface area (Å²) in [5.41, 5.74) is 0.144. The van der Waals surface area contributed by atoms with Crippen molar-refractivity contribution in [2.24, 2.45) is 0 Å². The second-order valence-corrected chi connectivity index (χ2v) is 8.75. The maximum atomic E-state index is 5.47. The van der Waals surface area contributed by atoms with Gasteiger partial charge in [0.2, 0.25) is 0 Å². The highest BCUT2D eigenvalue weighted by Gasteiger charge is 2.31. The lowest BCUT2D eigenvalue weighted by Gasteiger charge is -2.44. The van der Waals surface area contributed by atoms with E-state index < -0.39 is 0 Å². The Morgan fingerprint density at radius 1 is 1.41 bits per heavy atom. The quantitative estimate of drug-likeness (QED) is 0.718. The van der Waals surface area contributed by atoms with E-state index in [-0.39, 0.29) is 5.54 Å². The van der Waals surface area contributed by atoms with Gasteiger partial charge in [-0.05, 0) is 39.4 Å². The fraction of sp³-hybridized carbons (Fsp3) is 0.917. The summed E-state index contributed by atoms with van der Waals surface area (Å²) in [6.07, 6.45) is 2.80. The van der Waals surface area contributed by atoms with Gasteiger partial charge < -0.3 is 4.90 Å². The van der Waals surface area contributed by atoms with Crippen LogP contribution in [0, 0.1) is 0 Å². The number of thiocarbonyl (C=S) groups is 1. The lowest BCUT2D eigenvalue weighted by Crippen LogP contribution is -2.54. The first-order valence-corrected chi connectivity index (χ1v) is 8.69. The molecule has 0 aromatic carbocycles. The summed E-state index contributed by atoms with van der Waals surface area (Å²) < 4.78 is 1.06. The van der Waals surface area contributed by atoms with Crippen LogP contribution in [0.15, 0.2) is 0 Å². The molecule has 1 unspecified atom stereocenters. The first kappa shape index (κ1) is 14.0. The smallest absolute Gasteiger partial charge is 0.139 e. The number of hydrogen-bond donors (Lipinski definition) is 0. The van der Waals surface area contributed by atoms with Crippen molar-refractivity contribution >= 4 is 40.1 Å². The first-order valence-electron chi connectivity index (χ1n) is 6.25. The minimum absolute atomic E-state index is 0.144. The van der Waals surface area contributed by atoms with E-state index >= 15 is 0 Å². The summed E-state index contributed by atoms with van der Waals surface area (Å²) in [6, 6.07) is 0. The molecule has 0 aromatic rings. The zero-order valence-electron chi connectivity index (χ0n) is 10.9. The topological polar surface area (TPSA) is 6.48 Å². The van der Waals surface area contributed by atoms with Gasteiger partial charge in [-0.3, -0.25) is 4.90 Å². The second-order valence-electron chi connectivity index (χ2n) is 5.77. The van der Waals surface area contributed by atoms with Gasteiger partial charge in [0.15, 0.2) is 0 Å². The van der Waals surface area contributed by atoms with Crippen LogP contribution in [0.25, 0.3) is 0 Å². The van der Waals surface area contributed by atoms with Crippen molar-refractivity contribution in [2.45, 2.75) is 44.4 Å². The predicted molar refractivity (Wildman–Crippen MR) is 83.7 cm³/mol. The van der Waals surface area contributed by atoms with Crippen LogP contribution in [0.4, 0.5) is 0 Å². The highest BCUT2D eigenvalue weighted by Crippen LogP contribution is 2.30. The predicted octanol–water partition coefficient (Wildman–Crippen LogP) is 3.23. The van der Waals surface area contributed by atoms with Gasteiger partial charge in [0, 0.05) is 17.3 Å². The Bertz CT molecular complexity index is 282. The van der Waals surface area contributed by atoms with Crippen LogP contribution in [-0.2, 0) is 0 Å². The second kappa shape index (κ2) is 5.68. The average molecular weight is 291 g/mol. The summed E-state index contributed by atoms with van der Waals surface area (Å²) >= 11 is 9.43. The monoisotopic (exact) mass is 290 g/mol. The molecule has 17 heavy (non-hydrogen) atoms. The molecule has 0 bridgehead atoms. The molecule has 2 nitrogen and oxygen atoms in total. The molecular formula is C12H22N2S3. The van der Waals surface area contributed by atoms with Crippen LogP contribution >= 0.6 is 35.7 Å². The van der Waals surface area contributed by atoms with Gasteiger partial charge in [0.1, 0.15) is 4.32 Å². The lowest BCUT2D eigenvalue weighted by atomic mass is 10.1. The molecule has 2 rings (SSSR count). The van der Waals surface area contributed by atoms with Gasteiger partial charge >= 0.3 is 0 Å². The fourth-order valence-electron chi connectivity index (χ4n) is 2.20. The minimum atomic E-state index is 0.144. The molecule has 1 atom stereocenters. The third-order valence-electron chi connectivity index (χ3n) is 3.23. The standard InChI is InChI=1S/C12H22N2S3/c1-12(2,3)14-8-13(9-17-11(14)15)7-10-5-4-6-16-10/h10H,4-9H2,1-3H3. The molecule has 0 aliphatic carbocycles. The fourth-order valence-corrected chi connectivity index (χ4v) is 4.97. The van der Waals surface area contributed by atoms with Crippen molar-refractivity contribution in [1.82, 2.24) is 9.80 Å². The van der Waals surface area contributed by atoms with Gasteiger partial charge in [-0.1, -0.05) is 24.0 Å². The molecular weight excluding hydrogens is 268 g/mol. The Hall–Kier alpha value is 0.550. The summed E-state index contributed by atoms with van der Waals surface area (Å²) in [4.78, 5) is 4.91. The van der Waals surface area contributed by atoms with Crippen molar-refractivity contribution in [1.29, 1.82) is 0 Å². The zero-order chi connectivity index (χ0) is 12.5. The average Bonchev–Trinajstić information content (AvgIpc) is 2.72. The largest absolute Gasteiger partial charge is 0.340 e. The lowest BCUT2D eigenvalue weighted by molar-refractivity contribution is 0.138. The number of thioether (sulfide) groups is 2. The SMILES string of the molecule is CC(C)(C)N1CN(CC2CCCS2)CSC1=S. The van der Waals surface area contributed by atoms with E-state index in [2.05, 4.69) is 42.3 Å². The van der Waals surface area contributed by atoms with E-state index in [0.29, 0.717) is 0 Å². The number of hydrogen-bond acceptors (Lipinski definition) is 4. The van der Waals surface area contributed by atoms with E-state index in [1.54, 1.807) is 0 Å². The zero-order valence-corrected chi connectivity index (χ0v) is 13.4. The van der Waals surface area contributed by atoms with Gasteiger partial charge in [-0.15, -0.1) is 0 Å². The third kappa shape index (κ3) is 3.75. The first-order chi connectivity index (χ1) is 7.97. The van der Waals surface area contributed by atoms with Crippen LogP contribution in [0.5, 0.6) is 0 Å². The molecule has 0 N–H and O–H groups in total. The summed E-state index contributed by atoms with van der Waals surface area (Å²) in [6.45, 7) is 8.97. The van der Waals surface area contributed by atoms with E-state index in [1.807, 2.05) is 11.8 Å². The van der Waals surface area contributed by atoms with Crippen molar-refractivity contribution in [3.63, 3.8) is 0 Å². The van der Waals surface area contributed by atoms with Gasteiger partial charge in [-0.2, -0.15) is 11.8 Å². The molecule has 2 aliphatic rings. The molecule has 0 spiro atoms. The highest BCUT2D eigenvalue weighted by molar-refractivity contribution is 8.22. The highest BCUT2D eigenvalue weighted by atomic mass is 32.2. The van der Waals surface area contributed by atoms with Crippen LogP contribution < -0.4 is 0 Å². The molecule has 0 aromatic heterocycles. The molecule has 5 heteroatoms. The number of nitrogens with zero attached hydrogens (tertiary/aromatic N) is 2. The number of rotatable bonds is 2. The minimum Gasteiger partial charge on any atom is -0.340 e. The third-order valence-corrected chi connectivity index (χ3v) is 6.14. The van der Waals surface area contributed by atoms with E-state index in [9.17, 15) is 0 Å². The van der Waals surface area contributed by atoms with E-state index in [4.69, 9.17) is 12.2 Å². The molecule has 0 amide bonds. The van der Waals surface area contributed by atoms with Crippen molar-refractivity contribution in [3.05, 3.63) is 0 Å². The summed E-state index contributed by atoms with van der Waals surface area (Å²) in [7, 11) is 0. The van der Waals surface area contributed by atoms with Crippen LogP contribution in [0.1, 0.15) is 33.6 Å². The molecule has 2 fully saturated rings. The maximum absolute atomic E-state index is 5.47. The van der Waals surface area contributed by atoms with Crippen molar-refractivity contribution < 1.29 is 0 Å².